The van der Waals surface area contributed by atoms with Crippen LogP contribution >= 0.6 is 0 Å². The number of carbonyl (C=O) groups excluding carboxylic acids is 2. The van der Waals surface area contributed by atoms with E-state index in [2.05, 4.69) is 31.3 Å². The molecule has 0 aromatic carbocycles. The third-order valence-electron chi connectivity index (χ3n) is 16.5. The molecule has 0 bridgehead atoms. The number of hydrogen-bond acceptors (Lipinski definition) is 5. The fraction of sp³-hybridized carbons (Fsp3) is 0.915. The first-order chi connectivity index (χ1) is 38.0. The zero-order valence-corrected chi connectivity index (χ0v) is 52.2. The van der Waals surface area contributed by atoms with E-state index in [1.54, 1.807) is 6.08 Å². The Kier molecular flexibility index (Phi) is 65.4. The highest BCUT2D eigenvalue weighted by Crippen LogP contribution is 2.19. The van der Waals surface area contributed by atoms with Crippen molar-refractivity contribution in [2.45, 2.75) is 405 Å². The summed E-state index contributed by atoms with van der Waals surface area (Å²) in [6.45, 7) is 4.94. The number of hydrogen-bond donors (Lipinski definition) is 3. The number of esters is 1. The number of carbonyl (C=O) groups is 2. The lowest BCUT2D eigenvalue weighted by Crippen LogP contribution is -2.45. The zero-order chi connectivity index (χ0) is 55.7. The average molecular weight is 1080 g/mol. The Morgan fingerprint density at radius 2 is 0.610 bits per heavy atom. The van der Waals surface area contributed by atoms with Crippen LogP contribution in [0.2, 0.25) is 0 Å². The molecule has 6 heteroatoms. The van der Waals surface area contributed by atoms with Crippen molar-refractivity contribution in [2.75, 3.05) is 13.2 Å². The van der Waals surface area contributed by atoms with E-state index in [1.807, 2.05) is 6.08 Å². The van der Waals surface area contributed by atoms with Gasteiger partial charge in [0, 0.05) is 12.8 Å². The first-order valence-electron chi connectivity index (χ1n) is 35.1. The van der Waals surface area contributed by atoms with Crippen molar-refractivity contribution in [1.29, 1.82) is 0 Å². The summed E-state index contributed by atoms with van der Waals surface area (Å²) in [7, 11) is 0. The minimum absolute atomic E-state index is 0.0164. The van der Waals surface area contributed by atoms with Crippen LogP contribution in [0.3, 0.4) is 0 Å². The van der Waals surface area contributed by atoms with E-state index >= 15 is 0 Å². The molecule has 0 aliphatic heterocycles. The summed E-state index contributed by atoms with van der Waals surface area (Å²) in [5.41, 5.74) is 0. The minimum Gasteiger partial charge on any atom is -0.466 e. The normalized spacial score (nSPS) is 12.6. The second-order valence-corrected chi connectivity index (χ2v) is 24.2. The van der Waals surface area contributed by atoms with Crippen molar-refractivity contribution >= 4 is 11.9 Å². The largest absolute Gasteiger partial charge is 0.466 e. The van der Waals surface area contributed by atoms with Gasteiger partial charge in [-0.15, -0.1) is 0 Å². The Hall–Kier alpha value is -1.66. The molecule has 0 aromatic rings. The summed E-state index contributed by atoms with van der Waals surface area (Å²) in [4.78, 5) is 24.5. The summed E-state index contributed by atoms with van der Waals surface area (Å²) in [5, 5.41) is 23.2. The molecule has 0 heterocycles. The van der Waals surface area contributed by atoms with Gasteiger partial charge in [0.05, 0.1) is 25.4 Å². The molecule has 0 saturated carbocycles. The topological polar surface area (TPSA) is 95.9 Å². The number of amides is 1. The van der Waals surface area contributed by atoms with Crippen LogP contribution in [0.1, 0.15) is 393 Å². The molecule has 2 atom stereocenters. The Morgan fingerprint density at radius 3 is 0.922 bits per heavy atom. The van der Waals surface area contributed by atoms with Crippen LogP contribution in [0.25, 0.3) is 0 Å². The molecule has 0 rings (SSSR count). The van der Waals surface area contributed by atoms with Crippen molar-refractivity contribution < 1.29 is 24.5 Å². The van der Waals surface area contributed by atoms with E-state index in [4.69, 9.17) is 4.74 Å². The molecule has 0 aliphatic rings. The first kappa shape index (κ1) is 75.3. The maximum atomic E-state index is 12.5. The van der Waals surface area contributed by atoms with Crippen LogP contribution < -0.4 is 5.32 Å². The minimum atomic E-state index is -0.844. The molecule has 6 nitrogen and oxygen atoms in total. The van der Waals surface area contributed by atoms with Crippen LogP contribution in [-0.4, -0.2) is 47.4 Å². The third kappa shape index (κ3) is 63.4. The number of ether oxygens (including phenoxy) is 1. The molecule has 3 N–H and O–H groups in total. The van der Waals surface area contributed by atoms with Crippen molar-refractivity contribution in [2.24, 2.45) is 0 Å². The van der Waals surface area contributed by atoms with E-state index in [1.165, 1.54) is 327 Å². The average Bonchev–Trinajstić information content (AvgIpc) is 3.43. The third-order valence-corrected chi connectivity index (χ3v) is 16.5. The van der Waals surface area contributed by atoms with Crippen molar-refractivity contribution in [3.63, 3.8) is 0 Å². The molecular weight excluding hydrogens is 947 g/mol. The second kappa shape index (κ2) is 66.8. The molecule has 1 amide bonds. The maximum Gasteiger partial charge on any atom is 0.305 e. The van der Waals surface area contributed by atoms with Gasteiger partial charge in [0.2, 0.25) is 5.91 Å². The van der Waals surface area contributed by atoms with Gasteiger partial charge in [-0.25, -0.2) is 0 Å². The summed E-state index contributed by atoms with van der Waals surface area (Å²) < 4.78 is 5.47. The van der Waals surface area contributed by atoms with E-state index in [9.17, 15) is 19.8 Å². The molecular formula is C71H137NO5. The predicted molar refractivity (Wildman–Crippen MR) is 338 cm³/mol. The summed E-state index contributed by atoms with van der Waals surface area (Å²) in [5.74, 6) is -0.0468. The fourth-order valence-corrected chi connectivity index (χ4v) is 11.1. The monoisotopic (exact) mass is 1080 g/mol. The van der Waals surface area contributed by atoms with Gasteiger partial charge < -0.3 is 20.3 Å². The first-order valence-corrected chi connectivity index (χ1v) is 35.1. The van der Waals surface area contributed by atoms with Crippen LogP contribution in [-0.2, 0) is 14.3 Å². The molecule has 0 aromatic heterocycles. The molecule has 0 fully saturated rings. The molecule has 0 radical (unpaired) electrons. The van der Waals surface area contributed by atoms with E-state index in [-0.39, 0.29) is 18.5 Å². The highest BCUT2D eigenvalue weighted by Gasteiger charge is 2.18. The van der Waals surface area contributed by atoms with Gasteiger partial charge in [0.25, 0.3) is 0 Å². The van der Waals surface area contributed by atoms with Gasteiger partial charge in [-0.05, 0) is 57.8 Å². The maximum absolute atomic E-state index is 12.5. The molecule has 77 heavy (non-hydrogen) atoms. The van der Waals surface area contributed by atoms with Gasteiger partial charge in [-0.3, -0.25) is 9.59 Å². The lowest BCUT2D eigenvalue weighted by molar-refractivity contribution is -0.143. The second-order valence-electron chi connectivity index (χ2n) is 24.2. The van der Waals surface area contributed by atoms with Crippen LogP contribution in [0.15, 0.2) is 24.3 Å². The Bertz CT molecular complexity index is 1200. The van der Waals surface area contributed by atoms with Crippen molar-refractivity contribution in [3.05, 3.63) is 24.3 Å². The lowest BCUT2D eigenvalue weighted by Gasteiger charge is -2.20. The molecule has 0 saturated heterocycles. The highest BCUT2D eigenvalue weighted by molar-refractivity contribution is 5.76. The van der Waals surface area contributed by atoms with E-state index in [0.29, 0.717) is 19.4 Å². The van der Waals surface area contributed by atoms with Gasteiger partial charge >= 0.3 is 5.97 Å². The highest BCUT2D eigenvalue weighted by atomic mass is 16.5. The van der Waals surface area contributed by atoms with Crippen LogP contribution in [0.4, 0.5) is 0 Å². The fourth-order valence-electron chi connectivity index (χ4n) is 11.1. The molecule has 2 unspecified atom stereocenters. The summed E-state index contributed by atoms with van der Waals surface area (Å²) >= 11 is 0. The van der Waals surface area contributed by atoms with Crippen molar-refractivity contribution in [1.82, 2.24) is 5.32 Å². The van der Waals surface area contributed by atoms with E-state index in [0.717, 1.165) is 38.5 Å². The number of unbranched alkanes of at least 4 members (excludes halogenated alkanes) is 53. The predicted octanol–water partition coefficient (Wildman–Crippen LogP) is 22.5. The number of allylic oxidation sites excluding steroid dienone is 3. The smallest absolute Gasteiger partial charge is 0.305 e. The Morgan fingerprint density at radius 1 is 0.351 bits per heavy atom. The Labute approximate surface area is 481 Å². The van der Waals surface area contributed by atoms with Crippen molar-refractivity contribution in [3.8, 4) is 0 Å². The summed E-state index contributed by atoms with van der Waals surface area (Å²) in [6.07, 6.45) is 84.0. The lowest BCUT2D eigenvalue weighted by atomic mass is 10.0. The Balaban J connectivity index is 3.40. The van der Waals surface area contributed by atoms with Gasteiger partial charge in [0.15, 0.2) is 0 Å². The molecule has 456 valence electrons. The van der Waals surface area contributed by atoms with Gasteiger partial charge in [-0.1, -0.05) is 346 Å². The number of aliphatic hydroxyl groups excluding tert-OH is 2. The quantitative estimate of drug-likeness (QED) is 0.0320. The molecule has 0 spiro atoms. The standard InChI is InChI=1S/C71H137NO5/c1-3-5-7-9-11-13-15-16-17-18-19-31-34-37-40-44-47-51-55-59-63-69(74)68(67-73)72-70(75)64-60-56-52-48-45-41-38-35-32-29-27-25-23-21-20-22-24-26-28-30-33-36-39-42-46-50-54-58-62-66-77-71(76)65-61-57-53-49-43-14-12-10-8-6-4-2/h20,22,59,63,68-69,73-74H,3-19,21,23-58,60-62,64-67H2,1-2H3,(H,72,75)/b22-20-,63-59+. The van der Waals surface area contributed by atoms with Crippen LogP contribution in [0, 0.1) is 0 Å². The number of aliphatic hydroxyl groups is 2. The van der Waals surface area contributed by atoms with Gasteiger partial charge in [0.1, 0.15) is 0 Å². The molecule has 0 aliphatic carbocycles. The summed E-state index contributed by atoms with van der Waals surface area (Å²) in [6, 6.07) is -0.628. The zero-order valence-electron chi connectivity index (χ0n) is 52.2. The number of rotatable bonds is 66. The number of nitrogens with one attached hydrogen (secondary N) is 1. The van der Waals surface area contributed by atoms with Gasteiger partial charge in [-0.2, -0.15) is 0 Å². The van der Waals surface area contributed by atoms with E-state index < -0.39 is 12.1 Å². The van der Waals surface area contributed by atoms with Crippen LogP contribution in [0.5, 0.6) is 0 Å². The SMILES string of the molecule is CCCCCCCCCCCCCCCCCCCC/C=C/C(O)C(CO)NC(=O)CCCCCCCCCCCCCCC/C=C\CCCCCCCCCCCCCCOC(=O)CCCCCCCCCCCCC.